The molecule has 6 N–H and O–H groups in total. The molecule has 2 aromatic rings. The molecule has 29 heavy (non-hydrogen) atoms. The summed E-state index contributed by atoms with van der Waals surface area (Å²) in [6.07, 6.45) is 5.57. The number of H-pyrrole nitrogens is 1. The zero-order valence-electron chi connectivity index (χ0n) is 17.0. The molecule has 7 heteroatoms. The van der Waals surface area contributed by atoms with Crippen molar-refractivity contribution in [1.82, 2.24) is 14.8 Å². The number of hydrogen-bond acceptors (Lipinski definition) is 6. The zero-order chi connectivity index (χ0) is 20.4. The molecule has 3 heterocycles. The Morgan fingerprint density at radius 3 is 2.72 bits per heavy atom. The van der Waals surface area contributed by atoms with Gasteiger partial charge >= 0.3 is 0 Å². The third kappa shape index (κ3) is 4.24. The predicted octanol–water partition coefficient (Wildman–Crippen LogP) is 1.67. The van der Waals surface area contributed by atoms with E-state index >= 15 is 0 Å². The predicted molar refractivity (Wildman–Crippen MR) is 118 cm³/mol. The van der Waals surface area contributed by atoms with Gasteiger partial charge in [-0.2, -0.15) is 0 Å². The van der Waals surface area contributed by atoms with Crippen LogP contribution in [0.3, 0.4) is 0 Å². The maximum absolute atomic E-state index is 12.4. The van der Waals surface area contributed by atoms with Crippen molar-refractivity contribution in [2.75, 3.05) is 38.0 Å². The molecule has 0 bridgehead atoms. The summed E-state index contributed by atoms with van der Waals surface area (Å²) in [5.74, 6) is 0.759. The first-order chi connectivity index (χ1) is 14.0. The zero-order valence-corrected chi connectivity index (χ0v) is 17.0. The minimum absolute atomic E-state index is 0.0366. The van der Waals surface area contributed by atoms with Gasteiger partial charge in [-0.1, -0.05) is 12.1 Å². The van der Waals surface area contributed by atoms with E-state index < -0.39 is 0 Å². The molecule has 0 saturated carbocycles. The molecule has 1 fully saturated rings. The van der Waals surface area contributed by atoms with Crippen LogP contribution in [-0.4, -0.2) is 47.5 Å². The normalized spacial score (nSPS) is 18.6. The van der Waals surface area contributed by atoms with Crippen LogP contribution in [0.1, 0.15) is 24.5 Å². The Hall–Kier alpha value is -2.93. The SMILES string of the molecule is C/C(N)=C/C=C(\N)N1CCN(Cc2ccc3c4c(c(=O)[nH]c3c2)CCCN4)CC1. The largest absolute Gasteiger partial charge is 0.402 e. The van der Waals surface area contributed by atoms with Gasteiger partial charge in [-0.05, 0) is 43.5 Å². The van der Waals surface area contributed by atoms with Crippen LogP contribution in [0.25, 0.3) is 10.9 Å². The number of piperazine rings is 1. The number of anilines is 1. The standard InChI is InChI=1S/C22H30N6O/c1-15(23)4-7-20(24)28-11-9-27(10-12-28)14-16-5-6-17-19(13-16)26-22(29)18-3-2-8-25-21(17)18/h4-7,13,25H,2-3,8-12,14,23-24H2,1H3,(H,26,29)/b15-4-,20-7+. The molecular formula is C22H30N6O. The summed E-state index contributed by atoms with van der Waals surface area (Å²) < 4.78 is 0. The highest BCUT2D eigenvalue weighted by Gasteiger charge is 2.19. The average molecular weight is 395 g/mol. The molecule has 0 atom stereocenters. The van der Waals surface area contributed by atoms with Gasteiger partial charge in [0.05, 0.1) is 17.0 Å². The number of hydrogen-bond donors (Lipinski definition) is 4. The van der Waals surface area contributed by atoms with Gasteiger partial charge in [-0.25, -0.2) is 0 Å². The lowest BCUT2D eigenvalue weighted by molar-refractivity contribution is 0.152. The number of benzene rings is 1. The number of nitrogens with zero attached hydrogens (tertiary/aromatic N) is 2. The van der Waals surface area contributed by atoms with Crippen LogP contribution < -0.4 is 22.3 Å². The topological polar surface area (TPSA) is 103 Å². The fourth-order valence-corrected chi connectivity index (χ4v) is 4.15. The Bertz CT molecular complexity index is 1010. The minimum Gasteiger partial charge on any atom is -0.402 e. The van der Waals surface area contributed by atoms with Gasteiger partial charge in [-0.15, -0.1) is 0 Å². The van der Waals surface area contributed by atoms with E-state index in [1.807, 2.05) is 19.1 Å². The molecular weight excluding hydrogens is 364 g/mol. The highest BCUT2D eigenvalue weighted by Crippen LogP contribution is 2.28. The lowest BCUT2D eigenvalue weighted by Gasteiger charge is -2.36. The van der Waals surface area contributed by atoms with E-state index in [0.29, 0.717) is 0 Å². The van der Waals surface area contributed by atoms with Crippen molar-refractivity contribution in [3.63, 3.8) is 0 Å². The fraction of sp³-hybridized carbons (Fsp3) is 0.409. The number of aromatic nitrogens is 1. The third-order valence-electron chi connectivity index (χ3n) is 5.74. The van der Waals surface area contributed by atoms with Gasteiger partial charge < -0.3 is 26.7 Å². The molecule has 2 aliphatic heterocycles. The number of fused-ring (bicyclic) bond motifs is 3. The van der Waals surface area contributed by atoms with E-state index in [9.17, 15) is 4.79 Å². The van der Waals surface area contributed by atoms with E-state index in [1.165, 1.54) is 5.56 Å². The van der Waals surface area contributed by atoms with Gasteiger partial charge in [0.2, 0.25) is 0 Å². The summed E-state index contributed by atoms with van der Waals surface area (Å²) in [7, 11) is 0. The number of allylic oxidation sites excluding steroid dienone is 3. The maximum Gasteiger partial charge on any atom is 0.253 e. The lowest BCUT2D eigenvalue weighted by atomic mass is 10.0. The maximum atomic E-state index is 12.4. The summed E-state index contributed by atoms with van der Waals surface area (Å²) in [5.41, 5.74) is 16.6. The molecule has 154 valence electrons. The second kappa shape index (κ2) is 8.21. The molecule has 1 aromatic carbocycles. The third-order valence-corrected chi connectivity index (χ3v) is 5.74. The molecule has 7 nitrogen and oxygen atoms in total. The smallest absolute Gasteiger partial charge is 0.253 e. The first-order valence-electron chi connectivity index (χ1n) is 10.3. The molecule has 0 radical (unpaired) electrons. The van der Waals surface area contributed by atoms with Gasteiger partial charge in [0, 0.05) is 55.9 Å². The second-order valence-electron chi connectivity index (χ2n) is 7.98. The lowest BCUT2D eigenvalue weighted by Crippen LogP contribution is -2.46. The van der Waals surface area contributed by atoms with Crippen LogP contribution in [0.2, 0.25) is 0 Å². The molecule has 0 unspecified atom stereocenters. The summed E-state index contributed by atoms with van der Waals surface area (Å²) in [6.45, 7) is 7.31. The van der Waals surface area contributed by atoms with Crippen molar-refractivity contribution in [3.8, 4) is 0 Å². The molecule has 1 saturated heterocycles. The van der Waals surface area contributed by atoms with Crippen molar-refractivity contribution < 1.29 is 0 Å². The molecule has 0 aliphatic carbocycles. The summed E-state index contributed by atoms with van der Waals surface area (Å²) in [4.78, 5) is 20.1. The first kappa shape index (κ1) is 19.4. The Balaban J connectivity index is 1.45. The minimum atomic E-state index is 0.0366. The Morgan fingerprint density at radius 2 is 1.97 bits per heavy atom. The van der Waals surface area contributed by atoms with Gasteiger partial charge in [0.25, 0.3) is 5.56 Å². The number of aromatic amines is 1. The molecule has 0 amide bonds. The van der Waals surface area contributed by atoms with E-state index in [-0.39, 0.29) is 5.56 Å². The Labute approximate surface area is 171 Å². The highest BCUT2D eigenvalue weighted by atomic mass is 16.1. The fourth-order valence-electron chi connectivity index (χ4n) is 4.15. The quantitative estimate of drug-likeness (QED) is 0.588. The Morgan fingerprint density at radius 1 is 1.17 bits per heavy atom. The van der Waals surface area contributed by atoms with E-state index in [2.05, 4.69) is 38.3 Å². The summed E-state index contributed by atoms with van der Waals surface area (Å²) in [5, 5.41) is 4.52. The van der Waals surface area contributed by atoms with Crippen LogP contribution in [-0.2, 0) is 13.0 Å². The second-order valence-corrected chi connectivity index (χ2v) is 7.98. The van der Waals surface area contributed by atoms with Crippen molar-refractivity contribution in [2.24, 2.45) is 11.5 Å². The van der Waals surface area contributed by atoms with Gasteiger partial charge in [-0.3, -0.25) is 9.69 Å². The van der Waals surface area contributed by atoms with Crippen molar-refractivity contribution in [2.45, 2.75) is 26.3 Å². The first-order valence-corrected chi connectivity index (χ1v) is 10.3. The summed E-state index contributed by atoms with van der Waals surface area (Å²) >= 11 is 0. The van der Waals surface area contributed by atoms with Crippen LogP contribution in [0.15, 0.2) is 46.7 Å². The van der Waals surface area contributed by atoms with Crippen LogP contribution in [0, 0.1) is 0 Å². The van der Waals surface area contributed by atoms with Crippen LogP contribution in [0.4, 0.5) is 5.69 Å². The molecule has 2 aliphatic rings. The Kier molecular flexibility index (Phi) is 5.49. The van der Waals surface area contributed by atoms with Crippen molar-refractivity contribution in [1.29, 1.82) is 0 Å². The molecule has 4 rings (SSSR count). The monoisotopic (exact) mass is 394 g/mol. The molecule has 1 aromatic heterocycles. The number of nitrogens with two attached hydrogens (primary N) is 2. The average Bonchev–Trinajstić information content (AvgIpc) is 2.72. The van der Waals surface area contributed by atoms with Crippen LogP contribution >= 0.6 is 0 Å². The van der Waals surface area contributed by atoms with Crippen molar-refractivity contribution in [3.05, 3.63) is 63.3 Å². The van der Waals surface area contributed by atoms with E-state index in [1.54, 1.807) is 0 Å². The molecule has 0 spiro atoms. The number of nitrogens with one attached hydrogen (secondary N) is 2. The van der Waals surface area contributed by atoms with E-state index in [4.69, 9.17) is 11.5 Å². The number of pyridine rings is 1. The number of rotatable bonds is 4. The highest BCUT2D eigenvalue weighted by molar-refractivity contribution is 5.93. The van der Waals surface area contributed by atoms with Gasteiger partial charge in [0.1, 0.15) is 0 Å². The van der Waals surface area contributed by atoms with E-state index in [0.717, 1.165) is 85.8 Å². The van der Waals surface area contributed by atoms with Crippen molar-refractivity contribution >= 4 is 16.6 Å². The van der Waals surface area contributed by atoms with Gasteiger partial charge in [0.15, 0.2) is 0 Å². The van der Waals surface area contributed by atoms with Crippen LogP contribution in [0.5, 0.6) is 0 Å². The summed E-state index contributed by atoms with van der Waals surface area (Å²) in [6, 6.07) is 6.42.